The zero-order valence-corrected chi connectivity index (χ0v) is 12.3. The molecule has 1 aliphatic carbocycles. The molecule has 2 N–H and O–H groups in total. The molecule has 5 heteroatoms. The summed E-state index contributed by atoms with van der Waals surface area (Å²) in [7, 11) is 0. The van der Waals surface area contributed by atoms with E-state index in [1.54, 1.807) is 12.1 Å². The molecule has 0 spiro atoms. The highest BCUT2D eigenvalue weighted by atomic mass is 35.5. The molecule has 1 aliphatic heterocycles. The van der Waals surface area contributed by atoms with E-state index in [2.05, 4.69) is 4.98 Å². The molecule has 1 amide bonds. The van der Waals surface area contributed by atoms with Crippen LogP contribution < -0.4 is 5.73 Å². The Morgan fingerprint density at radius 2 is 2.00 bits per heavy atom. The number of piperidine rings is 1. The van der Waals surface area contributed by atoms with Gasteiger partial charge in [-0.05, 0) is 36.8 Å². The first kappa shape index (κ1) is 13.7. The summed E-state index contributed by atoms with van der Waals surface area (Å²) in [6, 6.07) is 3.26. The summed E-state index contributed by atoms with van der Waals surface area (Å²) in [5.74, 6) is 1.72. The van der Waals surface area contributed by atoms with Gasteiger partial charge >= 0.3 is 0 Å². The highest BCUT2D eigenvalue weighted by Crippen LogP contribution is 2.36. The predicted octanol–water partition coefficient (Wildman–Crippen LogP) is 2.97. The number of amides is 1. The van der Waals surface area contributed by atoms with Gasteiger partial charge in [0.2, 0.25) is 0 Å². The van der Waals surface area contributed by atoms with Crippen molar-refractivity contribution >= 4 is 23.3 Å². The Bertz CT molecular complexity index is 520. The maximum Gasteiger partial charge on any atom is 0.274 e. The Balaban J connectivity index is 1.76. The van der Waals surface area contributed by atoms with Crippen molar-refractivity contribution in [3.8, 4) is 0 Å². The molecule has 0 bridgehead atoms. The Labute approximate surface area is 124 Å². The monoisotopic (exact) mass is 293 g/mol. The van der Waals surface area contributed by atoms with Gasteiger partial charge in [-0.2, -0.15) is 0 Å². The van der Waals surface area contributed by atoms with Crippen LogP contribution in [0.15, 0.2) is 12.1 Å². The van der Waals surface area contributed by atoms with Crippen molar-refractivity contribution in [3.63, 3.8) is 0 Å². The van der Waals surface area contributed by atoms with Crippen LogP contribution in [0, 0.1) is 11.8 Å². The first-order valence-corrected chi connectivity index (χ1v) is 7.74. The van der Waals surface area contributed by atoms with E-state index in [0.29, 0.717) is 22.5 Å². The second-order valence-electron chi connectivity index (χ2n) is 5.91. The summed E-state index contributed by atoms with van der Waals surface area (Å²) >= 11 is 6.08. The third kappa shape index (κ3) is 2.62. The number of likely N-dealkylation sites (tertiary alicyclic amines) is 1. The lowest BCUT2D eigenvalue weighted by Crippen LogP contribution is -2.45. The first-order chi connectivity index (χ1) is 9.65. The number of nitrogen functional groups attached to an aromatic ring is 1. The van der Waals surface area contributed by atoms with Gasteiger partial charge in [0.05, 0.1) is 5.02 Å². The van der Waals surface area contributed by atoms with E-state index in [1.807, 2.05) is 4.90 Å². The normalized spacial score (nSPS) is 26.1. The fourth-order valence-corrected chi connectivity index (χ4v) is 3.73. The van der Waals surface area contributed by atoms with E-state index < -0.39 is 0 Å². The summed E-state index contributed by atoms with van der Waals surface area (Å²) < 4.78 is 0. The molecule has 2 unspecified atom stereocenters. The maximum absolute atomic E-state index is 12.6. The van der Waals surface area contributed by atoms with Crippen LogP contribution in [-0.2, 0) is 0 Å². The molecular weight excluding hydrogens is 274 g/mol. The Morgan fingerprint density at radius 3 is 2.80 bits per heavy atom. The van der Waals surface area contributed by atoms with Gasteiger partial charge in [-0.1, -0.05) is 30.9 Å². The lowest BCUT2D eigenvalue weighted by molar-refractivity contribution is 0.0516. The quantitative estimate of drug-likeness (QED) is 0.866. The number of fused-ring (bicyclic) bond motifs is 1. The number of hydrogen-bond acceptors (Lipinski definition) is 3. The number of nitrogens with zero attached hydrogens (tertiary/aromatic N) is 2. The molecule has 0 aromatic carbocycles. The minimum Gasteiger partial charge on any atom is -0.384 e. The lowest BCUT2D eigenvalue weighted by atomic mass is 9.75. The maximum atomic E-state index is 12.6. The lowest BCUT2D eigenvalue weighted by Gasteiger charge is -2.41. The summed E-state index contributed by atoms with van der Waals surface area (Å²) in [6.45, 7) is 1.66. The molecule has 20 heavy (non-hydrogen) atoms. The predicted molar refractivity (Wildman–Crippen MR) is 79.6 cm³/mol. The van der Waals surface area contributed by atoms with Crippen LogP contribution in [0.1, 0.15) is 42.6 Å². The molecule has 4 nitrogen and oxygen atoms in total. The number of rotatable bonds is 1. The molecule has 3 rings (SSSR count). The van der Waals surface area contributed by atoms with Gasteiger partial charge in [0, 0.05) is 13.1 Å². The zero-order chi connectivity index (χ0) is 14.1. The second-order valence-corrected chi connectivity index (χ2v) is 6.32. The van der Waals surface area contributed by atoms with Crippen molar-refractivity contribution in [3.05, 3.63) is 22.8 Å². The molecule has 1 aromatic rings. The number of nitrogens with two attached hydrogens (primary N) is 1. The molecule has 1 saturated carbocycles. The van der Waals surface area contributed by atoms with Crippen LogP contribution in [0.25, 0.3) is 0 Å². The Kier molecular flexibility index (Phi) is 3.83. The van der Waals surface area contributed by atoms with Gasteiger partial charge in [0.1, 0.15) is 11.5 Å². The van der Waals surface area contributed by atoms with E-state index in [1.165, 1.54) is 25.7 Å². The molecular formula is C15H20ClN3O. The fraction of sp³-hybridized carbons (Fsp3) is 0.600. The molecule has 2 heterocycles. The molecule has 2 fully saturated rings. The van der Waals surface area contributed by atoms with Crippen molar-refractivity contribution in [1.82, 2.24) is 9.88 Å². The van der Waals surface area contributed by atoms with Crippen molar-refractivity contribution in [2.24, 2.45) is 11.8 Å². The molecule has 0 radical (unpaired) electrons. The first-order valence-electron chi connectivity index (χ1n) is 7.36. The van der Waals surface area contributed by atoms with Crippen LogP contribution in [0.4, 0.5) is 5.82 Å². The Hall–Kier alpha value is -1.29. The minimum atomic E-state index is -0.0775. The molecule has 2 atom stereocenters. The number of pyridine rings is 1. The third-order valence-electron chi connectivity index (χ3n) is 4.65. The highest BCUT2D eigenvalue weighted by molar-refractivity contribution is 6.33. The minimum absolute atomic E-state index is 0.0775. The number of carbonyl (C=O) groups is 1. The largest absolute Gasteiger partial charge is 0.384 e. The third-order valence-corrected chi connectivity index (χ3v) is 4.95. The van der Waals surface area contributed by atoms with Gasteiger partial charge < -0.3 is 10.6 Å². The van der Waals surface area contributed by atoms with E-state index in [0.717, 1.165) is 25.4 Å². The summed E-state index contributed by atoms with van der Waals surface area (Å²) in [6.07, 6.45) is 6.31. The van der Waals surface area contributed by atoms with Crippen molar-refractivity contribution in [2.45, 2.75) is 32.1 Å². The number of halogens is 1. The summed E-state index contributed by atoms with van der Waals surface area (Å²) in [5, 5.41) is 0.384. The van der Waals surface area contributed by atoms with E-state index in [-0.39, 0.29) is 5.91 Å². The van der Waals surface area contributed by atoms with Crippen LogP contribution >= 0.6 is 11.6 Å². The highest BCUT2D eigenvalue weighted by Gasteiger charge is 2.34. The summed E-state index contributed by atoms with van der Waals surface area (Å²) in [4.78, 5) is 18.6. The average Bonchev–Trinajstić information content (AvgIpc) is 2.48. The van der Waals surface area contributed by atoms with E-state index in [9.17, 15) is 4.79 Å². The summed E-state index contributed by atoms with van der Waals surface area (Å²) in [5.41, 5.74) is 5.95. The van der Waals surface area contributed by atoms with Gasteiger partial charge in [-0.3, -0.25) is 4.79 Å². The zero-order valence-electron chi connectivity index (χ0n) is 11.5. The van der Waals surface area contributed by atoms with Crippen molar-refractivity contribution in [1.29, 1.82) is 0 Å². The van der Waals surface area contributed by atoms with Gasteiger partial charge in [-0.25, -0.2) is 4.98 Å². The van der Waals surface area contributed by atoms with Gasteiger partial charge in [0.15, 0.2) is 0 Å². The standard InChI is InChI=1S/C15H20ClN3O/c16-12-5-6-13(17)18-14(12)15(20)19-8-7-10-3-1-2-4-11(10)9-19/h5-6,10-11H,1-4,7-9H2,(H2,17,18). The van der Waals surface area contributed by atoms with E-state index >= 15 is 0 Å². The topological polar surface area (TPSA) is 59.2 Å². The SMILES string of the molecule is Nc1ccc(Cl)c(C(=O)N2CCC3CCCCC3C2)n1. The molecule has 108 valence electrons. The van der Waals surface area contributed by atoms with Crippen LogP contribution in [0.3, 0.4) is 0 Å². The number of carbonyl (C=O) groups excluding carboxylic acids is 1. The van der Waals surface area contributed by atoms with Gasteiger partial charge in [-0.15, -0.1) is 0 Å². The fourth-order valence-electron chi connectivity index (χ4n) is 3.54. The van der Waals surface area contributed by atoms with Crippen molar-refractivity contribution < 1.29 is 4.79 Å². The number of aromatic nitrogens is 1. The number of anilines is 1. The van der Waals surface area contributed by atoms with Crippen LogP contribution in [0.2, 0.25) is 5.02 Å². The smallest absolute Gasteiger partial charge is 0.274 e. The van der Waals surface area contributed by atoms with Crippen LogP contribution in [0.5, 0.6) is 0 Å². The molecule has 1 aromatic heterocycles. The van der Waals surface area contributed by atoms with Crippen molar-refractivity contribution in [2.75, 3.05) is 18.8 Å². The molecule has 2 aliphatic rings. The molecule has 1 saturated heterocycles. The average molecular weight is 294 g/mol. The second kappa shape index (κ2) is 5.60. The van der Waals surface area contributed by atoms with E-state index in [4.69, 9.17) is 17.3 Å². The Morgan fingerprint density at radius 1 is 1.25 bits per heavy atom. The van der Waals surface area contributed by atoms with Crippen LogP contribution in [-0.4, -0.2) is 28.9 Å². The van der Waals surface area contributed by atoms with Gasteiger partial charge in [0.25, 0.3) is 5.91 Å². The number of hydrogen-bond donors (Lipinski definition) is 1.